The Morgan fingerprint density at radius 2 is 2.32 bits per heavy atom. The van der Waals surface area contributed by atoms with Crippen LogP contribution < -0.4 is 0 Å². The lowest BCUT2D eigenvalue weighted by molar-refractivity contribution is 0.107. The predicted molar refractivity (Wildman–Crippen MR) is 79.0 cm³/mol. The van der Waals surface area contributed by atoms with Crippen molar-refractivity contribution in [3.05, 3.63) is 46.3 Å². The van der Waals surface area contributed by atoms with Crippen molar-refractivity contribution in [2.24, 2.45) is 0 Å². The minimum atomic E-state index is -0.311. The van der Waals surface area contributed by atoms with E-state index in [1.807, 2.05) is 0 Å². The molecule has 5 nitrogen and oxygen atoms in total. The van der Waals surface area contributed by atoms with Crippen molar-refractivity contribution >= 4 is 11.6 Å². The summed E-state index contributed by atoms with van der Waals surface area (Å²) in [5.41, 5.74) is 0.474. The summed E-state index contributed by atoms with van der Waals surface area (Å²) >= 11 is 6.13. The van der Waals surface area contributed by atoms with Gasteiger partial charge in [0.25, 0.3) is 0 Å². The number of hydrogen-bond acceptors (Lipinski definition) is 5. The third-order valence-electron chi connectivity index (χ3n) is 3.95. The maximum atomic E-state index is 14.0. The minimum absolute atomic E-state index is 0.0442. The van der Waals surface area contributed by atoms with Crippen LogP contribution in [0.2, 0.25) is 5.02 Å². The van der Waals surface area contributed by atoms with E-state index < -0.39 is 0 Å². The standard InChI is InChI=1S/C15H17ClFN3O2/c1-9-18-15(22-19-9)14-6-10(21-2)7-20(14)8-11-12(16)4-3-5-13(11)17/h3-5,10,14H,6-8H2,1-2H3/t10-,14-/m1/s1. The van der Waals surface area contributed by atoms with Crippen molar-refractivity contribution in [2.75, 3.05) is 13.7 Å². The first-order valence-electron chi connectivity index (χ1n) is 7.08. The molecule has 0 N–H and O–H groups in total. The summed E-state index contributed by atoms with van der Waals surface area (Å²) in [4.78, 5) is 6.36. The van der Waals surface area contributed by atoms with Crippen LogP contribution in [0.15, 0.2) is 22.7 Å². The summed E-state index contributed by atoms with van der Waals surface area (Å²) < 4.78 is 24.7. The Labute approximate surface area is 133 Å². The molecule has 22 heavy (non-hydrogen) atoms. The molecule has 1 saturated heterocycles. The SMILES string of the molecule is CO[C@@H]1C[C@H](c2nc(C)no2)N(Cc2c(F)cccc2Cl)C1. The van der Waals surface area contributed by atoms with Crippen LogP contribution in [0.3, 0.4) is 0 Å². The Morgan fingerprint density at radius 1 is 1.50 bits per heavy atom. The first kappa shape index (κ1) is 15.4. The Hall–Kier alpha value is -1.50. The molecule has 0 unspecified atom stereocenters. The van der Waals surface area contributed by atoms with E-state index in [1.54, 1.807) is 26.2 Å². The highest BCUT2D eigenvalue weighted by atomic mass is 35.5. The molecule has 2 aromatic rings. The van der Waals surface area contributed by atoms with Gasteiger partial charge in [-0.25, -0.2) is 4.39 Å². The van der Waals surface area contributed by atoms with Crippen LogP contribution in [0.5, 0.6) is 0 Å². The predicted octanol–water partition coefficient (Wildman–Crippen LogP) is 3.13. The zero-order valence-electron chi connectivity index (χ0n) is 12.4. The van der Waals surface area contributed by atoms with Gasteiger partial charge < -0.3 is 9.26 Å². The number of likely N-dealkylation sites (tertiary alicyclic amines) is 1. The zero-order chi connectivity index (χ0) is 15.7. The van der Waals surface area contributed by atoms with Crippen LogP contribution in [0.25, 0.3) is 0 Å². The zero-order valence-corrected chi connectivity index (χ0v) is 13.2. The maximum Gasteiger partial charge on any atom is 0.244 e. The largest absolute Gasteiger partial charge is 0.380 e. The fraction of sp³-hybridized carbons (Fsp3) is 0.467. The molecule has 1 aromatic carbocycles. The quantitative estimate of drug-likeness (QED) is 0.864. The number of hydrogen-bond donors (Lipinski definition) is 0. The number of halogens is 2. The highest BCUT2D eigenvalue weighted by Gasteiger charge is 2.37. The summed E-state index contributed by atoms with van der Waals surface area (Å²) in [6.45, 7) is 2.80. The van der Waals surface area contributed by atoms with E-state index in [2.05, 4.69) is 15.0 Å². The van der Waals surface area contributed by atoms with Gasteiger partial charge >= 0.3 is 0 Å². The van der Waals surface area contributed by atoms with Crippen molar-refractivity contribution in [3.63, 3.8) is 0 Å². The molecule has 0 spiro atoms. The smallest absolute Gasteiger partial charge is 0.244 e. The number of methoxy groups -OCH3 is 1. The van der Waals surface area contributed by atoms with E-state index in [9.17, 15) is 4.39 Å². The Bertz CT molecular complexity index is 644. The number of benzene rings is 1. The summed E-state index contributed by atoms with van der Waals surface area (Å²) in [5.74, 6) is 0.804. The molecule has 1 fully saturated rings. The first-order valence-corrected chi connectivity index (χ1v) is 7.46. The Kier molecular flexibility index (Phi) is 4.42. The lowest BCUT2D eigenvalue weighted by Crippen LogP contribution is -2.25. The van der Waals surface area contributed by atoms with E-state index in [0.717, 1.165) is 6.42 Å². The van der Waals surface area contributed by atoms with Gasteiger partial charge in [0.1, 0.15) is 5.82 Å². The average Bonchev–Trinajstić information content (AvgIpc) is 3.09. The lowest BCUT2D eigenvalue weighted by atomic mass is 10.1. The molecular formula is C15H17ClFN3O2. The summed E-state index contributed by atoms with van der Waals surface area (Å²) in [5, 5.41) is 4.25. The minimum Gasteiger partial charge on any atom is -0.380 e. The second kappa shape index (κ2) is 6.32. The molecule has 0 aliphatic carbocycles. The molecule has 2 heterocycles. The molecule has 0 saturated carbocycles. The monoisotopic (exact) mass is 325 g/mol. The summed E-state index contributed by atoms with van der Waals surface area (Å²) in [6, 6.07) is 4.61. The first-order chi connectivity index (χ1) is 10.6. The van der Waals surface area contributed by atoms with Crippen molar-refractivity contribution in [3.8, 4) is 0 Å². The van der Waals surface area contributed by atoms with Gasteiger partial charge in [0.15, 0.2) is 5.82 Å². The normalized spacial score (nSPS) is 22.4. The third kappa shape index (κ3) is 2.99. The molecule has 1 aliphatic rings. The van der Waals surface area contributed by atoms with E-state index in [4.69, 9.17) is 20.9 Å². The molecule has 1 aliphatic heterocycles. The van der Waals surface area contributed by atoms with Crippen LogP contribution in [-0.4, -0.2) is 34.8 Å². The molecular weight excluding hydrogens is 309 g/mol. The van der Waals surface area contributed by atoms with Crippen molar-refractivity contribution in [1.29, 1.82) is 0 Å². The van der Waals surface area contributed by atoms with Gasteiger partial charge in [-0.15, -0.1) is 0 Å². The van der Waals surface area contributed by atoms with E-state index >= 15 is 0 Å². The van der Waals surface area contributed by atoms with Gasteiger partial charge in [-0.2, -0.15) is 4.98 Å². The van der Waals surface area contributed by atoms with Crippen molar-refractivity contribution < 1.29 is 13.7 Å². The number of aryl methyl sites for hydroxylation is 1. The van der Waals surface area contributed by atoms with E-state index in [-0.39, 0.29) is 18.0 Å². The third-order valence-corrected chi connectivity index (χ3v) is 4.30. The number of aromatic nitrogens is 2. The van der Waals surface area contributed by atoms with Gasteiger partial charge in [-0.05, 0) is 25.5 Å². The summed E-state index contributed by atoms with van der Waals surface area (Å²) in [7, 11) is 1.67. The second-order valence-corrected chi connectivity index (χ2v) is 5.83. The van der Waals surface area contributed by atoms with Crippen molar-refractivity contribution in [2.45, 2.75) is 32.0 Å². The number of ether oxygens (including phenoxy) is 1. The summed E-state index contributed by atoms with van der Waals surface area (Å²) in [6.07, 6.45) is 0.771. The van der Waals surface area contributed by atoms with Crippen molar-refractivity contribution in [1.82, 2.24) is 15.0 Å². The molecule has 3 rings (SSSR count). The molecule has 2 atom stereocenters. The van der Waals surface area contributed by atoms with Gasteiger partial charge in [0.2, 0.25) is 5.89 Å². The molecule has 7 heteroatoms. The van der Waals surface area contributed by atoms with Crippen LogP contribution in [0.1, 0.15) is 29.7 Å². The Morgan fingerprint density at radius 3 is 2.95 bits per heavy atom. The van der Waals surface area contributed by atoms with Crippen LogP contribution in [0.4, 0.5) is 4.39 Å². The van der Waals surface area contributed by atoms with Gasteiger partial charge in [0.05, 0.1) is 12.1 Å². The maximum absolute atomic E-state index is 14.0. The number of nitrogens with zero attached hydrogens (tertiary/aromatic N) is 3. The van der Waals surface area contributed by atoms with Crippen LogP contribution >= 0.6 is 11.6 Å². The highest BCUT2D eigenvalue weighted by Crippen LogP contribution is 2.35. The van der Waals surface area contributed by atoms with E-state index in [1.165, 1.54) is 6.07 Å². The molecule has 0 radical (unpaired) electrons. The fourth-order valence-electron chi connectivity index (χ4n) is 2.80. The number of rotatable bonds is 4. The van der Waals surface area contributed by atoms with Gasteiger partial charge in [-0.1, -0.05) is 22.8 Å². The molecule has 0 bridgehead atoms. The lowest BCUT2D eigenvalue weighted by Gasteiger charge is -2.22. The van der Waals surface area contributed by atoms with Gasteiger partial charge in [0, 0.05) is 30.8 Å². The van der Waals surface area contributed by atoms with Crippen LogP contribution in [0, 0.1) is 12.7 Å². The second-order valence-electron chi connectivity index (χ2n) is 5.42. The Balaban J connectivity index is 1.86. The molecule has 0 amide bonds. The topological polar surface area (TPSA) is 51.4 Å². The molecule has 1 aromatic heterocycles. The van der Waals surface area contributed by atoms with E-state index in [0.29, 0.717) is 35.4 Å². The van der Waals surface area contributed by atoms with Crippen LogP contribution in [-0.2, 0) is 11.3 Å². The average molecular weight is 326 g/mol. The highest BCUT2D eigenvalue weighted by molar-refractivity contribution is 6.31. The fourth-order valence-corrected chi connectivity index (χ4v) is 3.02. The van der Waals surface area contributed by atoms with Gasteiger partial charge in [-0.3, -0.25) is 4.90 Å². The molecule has 118 valence electrons.